The highest BCUT2D eigenvalue weighted by Crippen LogP contribution is 2.13. The maximum absolute atomic E-state index is 8.72. The molecule has 4 heteroatoms. The van der Waals surface area contributed by atoms with Gasteiger partial charge in [-0.15, -0.1) is 0 Å². The number of hydrogen-bond donors (Lipinski definition) is 2. The van der Waals surface area contributed by atoms with Gasteiger partial charge >= 0.3 is 0 Å². The Morgan fingerprint density at radius 2 is 1.93 bits per heavy atom. The van der Waals surface area contributed by atoms with E-state index in [1.165, 1.54) is 0 Å². The second-order valence-electron chi connectivity index (χ2n) is 2.63. The summed E-state index contributed by atoms with van der Waals surface area (Å²) in [5.74, 6) is 0. The van der Waals surface area contributed by atoms with Crippen molar-refractivity contribution in [1.82, 2.24) is 0 Å². The molecule has 0 aliphatic carbocycles. The van der Waals surface area contributed by atoms with Crippen LogP contribution in [0.2, 0.25) is 0 Å². The Hall–Kier alpha value is -2.04. The van der Waals surface area contributed by atoms with Crippen LogP contribution >= 0.6 is 0 Å². The highest BCUT2D eigenvalue weighted by Gasteiger charge is 2.01. The SMILES string of the molecule is N#Cc1ccc(NCCO)cc1C#N. The molecule has 0 atom stereocenters. The zero-order valence-electron chi connectivity index (χ0n) is 7.49. The van der Waals surface area contributed by atoms with E-state index in [9.17, 15) is 0 Å². The van der Waals surface area contributed by atoms with E-state index in [2.05, 4.69) is 5.32 Å². The van der Waals surface area contributed by atoms with Crippen molar-refractivity contribution in [1.29, 1.82) is 10.5 Å². The molecule has 0 saturated heterocycles. The van der Waals surface area contributed by atoms with E-state index in [0.717, 1.165) is 5.69 Å². The minimum absolute atomic E-state index is 0.0297. The van der Waals surface area contributed by atoms with Gasteiger partial charge in [-0.2, -0.15) is 10.5 Å². The summed E-state index contributed by atoms with van der Waals surface area (Å²) in [5, 5.41) is 28.9. The first-order valence-electron chi connectivity index (χ1n) is 4.11. The molecule has 0 amide bonds. The number of nitrogens with one attached hydrogen (secondary N) is 1. The largest absolute Gasteiger partial charge is 0.395 e. The lowest BCUT2D eigenvalue weighted by molar-refractivity contribution is 0.311. The van der Waals surface area contributed by atoms with Crippen LogP contribution in [-0.4, -0.2) is 18.3 Å². The standard InChI is InChI=1S/C10H9N3O/c11-6-8-1-2-10(13-3-4-14)5-9(8)7-12/h1-2,5,13-14H,3-4H2. The Labute approximate surface area is 82.0 Å². The van der Waals surface area contributed by atoms with Gasteiger partial charge in [-0.25, -0.2) is 0 Å². The van der Waals surface area contributed by atoms with Crippen molar-refractivity contribution in [3.63, 3.8) is 0 Å². The molecular formula is C10H9N3O. The average Bonchev–Trinajstić information content (AvgIpc) is 2.25. The fraction of sp³-hybridized carbons (Fsp3) is 0.200. The van der Waals surface area contributed by atoms with Crippen LogP contribution in [0.15, 0.2) is 18.2 Å². The Morgan fingerprint density at radius 3 is 2.50 bits per heavy atom. The summed E-state index contributed by atoms with van der Waals surface area (Å²) in [7, 11) is 0. The topological polar surface area (TPSA) is 79.8 Å². The van der Waals surface area contributed by atoms with Gasteiger partial charge in [-0.05, 0) is 18.2 Å². The molecule has 14 heavy (non-hydrogen) atoms. The van der Waals surface area contributed by atoms with Gasteiger partial charge in [-0.3, -0.25) is 0 Å². The van der Waals surface area contributed by atoms with E-state index in [1.54, 1.807) is 18.2 Å². The molecule has 2 N–H and O–H groups in total. The number of benzene rings is 1. The van der Waals surface area contributed by atoms with Crippen LogP contribution < -0.4 is 5.32 Å². The predicted octanol–water partition coefficient (Wildman–Crippen LogP) is 0.834. The van der Waals surface area contributed by atoms with E-state index in [-0.39, 0.29) is 6.61 Å². The summed E-state index contributed by atoms with van der Waals surface area (Å²) in [6.45, 7) is 0.457. The summed E-state index contributed by atoms with van der Waals surface area (Å²) < 4.78 is 0. The molecular weight excluding hydrogens is 178 g/mol. The smallest absolute Gasteiger partial charge is 0.101 e. The molecule has 0 fully saturated rings. The van der Waals surface area contributed by atoms with Gasteiger partial charge in [0.15, 0.2) is 0 Å². The van der Waals surface area contributed by atoms with Gasteiger partial charge in [0.2, 0.25) is 0 Å². The molecule has 0 unspecified atom stereocenters. The van der Waals surface area contributed by atoms with Gasteiger partial charge in [0.1, 0.15) is 12.1 Å². The third kappa shape index (κ3) is 2.22. The lowest BCUT2D eigenvalue weighted by Crippen LogP contribution is -2.05. The number of nitrogens with zero attached hydrogens (tertiary/aromatic N) is 2. The van der Waals surface area contributed by atoms with Crippen molar-refractivity contribution >= 4 is 5.69 Å². The number of nitriles is 2. The Bertz CT molecular complexity index is 401. The molecule has 0 spiro atoms. The van der Waals surface area contributed by atoms with Crippen LogP contribution in [0.25, 0.3) is 0 Å². The van der Waals surface area contributed by atoms with Gasteiger partial charge in [0.25, 0.3) is 0 Å². The van der Waals surface area contributed by atoms with Crippen LogP contribution in [-0.2, 0) is 0 Å². The zero-order chi connectivity index (χ0) is 10.4. The maximum Gasteiger partial charge on any atom is 0.101 e. The minimum Gasteiger partial charge on any atom is -0.395 e. The van der Waals surface area contributed by atoms with Crippen molar-refractivity contribution in [2.45, 2.75) is 0 Å². The second kappa shape index (κ2) is 4.86. The first-order chi connectivity index (χ1) is 6.81. The van der Waals surface area contributed by atoms with Crippen LogP contribution in [0.3, 0.4) is 0 Å². The molecule has 0 bridgehead atoms. The van der Waals surface area contributed by atoms with E-state index in [0.29, 0.717) is 17.7 Å². The second-order valence-corrected chi connectivity index (χ2v) is 2.63. The van der Waals surface area contributed by atoms with Crippen molar-refractivity contribution in [3.8, 4) is 12.1 Å². The molecule has 1 aromatic carbocycles. The van der Waals surface area contributed by atoms with Crippen LogP contribution in [0.5, 0.6) is 0 Å². The summed E-state index contributed by atoms with van der Waals surface area (Å²) in [5.41, 5.74) is 1.44. The summed E-state index contributed by atoms with van der Waals surface area (Å²) in [6, 6.07) is 8.74. The van der Waals surface area contributed by atoms with Gasteiger partial charge in [0.05, 0.1) is 17.7 Å². The average molecular weight is 187 g/mol. The lowest BCUT2D eigenvalue weighted by Gasteiger charge is -2.04. The van der Waals surface area contributed by atoms with Crippen molar-refractivity contribution in [2.75, 3.05) is 18.5 Å². The van der Waals surface area contributed by atoms with Crippen molar-refractivity contribution < 1.29 is 5.11 Å². The number of aliphatic hydroxyl groups excluding tert-OH is 1. The van der Waals surface area contributed by atoms with Crippen molar-refractivity contribution in [3.05, 3.63) is 29.3 Å². The first-order valence-corrected chi connectivity index (χ1v) is 4.11. The Balaban J connectivity index is 2.93. The predicted molar refractivity (Wildman–Crippen MR) is 51.4 cm³/mol. The minimum atomic E-state index is 0.0297. The Morgan fingerprint density at radius 1 is 1.21 bits per heavy atom. The number of anilines is 1. The van der Waals surface area contributed by atoms with Gasteiger partial charge in [0, 0.05) is 12.2 Å². The fourth-order valence-electron chi connectivity index (χ4n) is 1.04. The van der Waals surface area contributed by atoms with Crippen LogP contribution in [0, 0.1) is 22.7 Å². The molecule has 4 nitrogen and oxygen atoms in total. The zero-order valence-corrected chi connectivity index (χ0v) is 7.49. The maximum atomic E-state index is 8.72. The summed E-state index contributed by atoms with van der Waals surface area (Å²) in [6.07, 6.45) is 0. The van der Waals surface area contributed by atoms with E-state index in [1.807, 2.05) is 12.1 Å². The third-order valence-corrected chi connectivity index (χ3v) is 1.70. The highest BCUT2D eigenvalue weighted by molar-refractivity contribution is 5.56. The van der Waals surface area contributed by atoms with E-state index < -0.39 is 0 Å². The summed E-state index contributed by atoms with van der Waals surface area (Å²) >= 11 is 0. The molecule has 70 valence electrons. The van der Waals surface area contributed by atoms with Gasteiger partial charge in [-0.1, -0.05) is 0 Å². The quantitative estimate of drug-likeness (QED) is 0.734. The highest BCUT2D eigenvalue weighted by atomic mass is 16.3. The normalized spacial score (nSPS) is 8.79. The fourth-order valence-corrected chi connectivity index (χ4v) is 1.04. The molecule has 0 aromatic heterocycles. The lowest BCUT2D eigenvalue weighted by atomic mass is 10.1. The third-order valence-electron chi connectivity index (χ3n) is 1.70. The molecule has 1 aromatic rings. The van der Waals surface area contributed by atoms with Crippen LogP contribution in [0.4, 0.5) is 5.69 Å². The molecule has 0 heterocycles. The van der Waals surface area contributed by atoms with E-state index in [4.69, 9.17) is 15.6 Å². The molecule has 0 radical (unpaired) electrons. The number of hydrogen-bond acceptors (Lipinski definition) is 4. The Kier molecular flexibility index (Phi) is 3.49. The number of rotatable bonds is 3. The molecule has 1 rings (SSSR count). The molecule has 0 aliphatic rings. The van der Waals surface area contributed by atoms with Gasteiger partial charge < -0.3 is 10.4 Å². The molecule has 0 saturated carbocycles. The van der Waals surface area contributed by atoms with E-state index >= 15 is 0 Å². The molecule has 0 aliphatic heterocycles. The monoisotopic (exact) mass is 187 g/mol. The summed E-state index contributed by atoms with van der Waals surface area (Å²) in [4.78, 5) is 0. The van der Waals surface area contributed by atoms with Crippen molar-refractivity contribution in [2.24, 2.45) is 0 Å². The first kappa shape index (κ1) is 10.0. The van der Waals surface area contributed by atoms with Crippen LogP contribution in [0.1, 0.15) is 11.1 Å². The number of aliphatic hydroxyl groups is 1.